The number of nitrogens with zero attached hydrogens (tertiary/aromatic N) is 2. The van der Waals surface area contributed by atoms with E-state index in [1.807, 2.05) is 31.2 Å². The molecule has 1 aliphatic heterocycles. The van der Waals surface area contributed by atoms with Crippen LogP contribution in [0.2, 0.25) is 0 Å². The Labute approximate surface area is 134 Å². The van der Waals surface area contributed by atoms with Crippen molar-refractivity contribution in [3.63, 3.8) is 0 Å². The lowest BCUT2D eigenvalue weighted by Crippen LogP contribution is -2.25. The number of aryl methyl sites for hydroxylation is 1. The van der Waals surface area contributed by atoms with Crippen LogP contribution in [0, 0.1) is 12.8 Å². The van der Waals surface area contributed by atoms with Gasteiger partial charge in [-0.2, -0.15) is 5.10 Å². The fourth-order valence-electron chi connectivity index (χ4n) is 2.86. The molecular weight excluding hydrogens is 292 g/mol. The smallest absolute Gasteiger partial charge is 0.218 e. The van der Waals surface area contributed by atoms with Crippen molar-refractivity contribution >= 4 is 6.29 Å². The fraction of sp³-hybridized carbons (Fsp3) is 0.389. The molecule has 23 heavy (non-hydrogen) atoms. The Bertz CT molecular complexity index is 744. The molecule has 0 radical (unpaired) electrons. The van der Waals surface area contributed by atoms with E-state index >= 15 is 0 Å². The van der Waals surface area contributed by atoms with Crippen molar-refractivity contribution in [3.8, 4) is 11.1 Å². The number of carbonyl (C=O) groups excluding carboxylic acids is 1. The Kier molecular flexibility index (Phi) is 4.67. The first-order chi connectivity index (χ1) is 11.2. The molecule has 1 saturated heterocycles. The second kappa shape index (κ2) is 6.87. The van der Waals surface area contributed by atoms with Gasteiger partial charge < -0.3 is 4.74 Å². The third-order valence-corrected chi connectivity index (χ3v) is 4.25. The Balaban J connectivity index is 1.97. The van der Waals surface area contributed by atoms with Gasteiger partial charge in [0, 0.05) is 31.5 Å². The van der Waals surface area contributed by atoms with Crippen LogP contribution in [-0.4, -0.2) is 29.3 Å². The number of rotatable bonds is 4. The molecule has 0 unspecified atom stereocenters. The van der Waals surface area contributed by atoms with Crippen LogP contribution in [0.4, 0.5) is 0 Å². The summed E-state index contributed by atoms with van der Waals surface area (Å²) >= 11 is 0. The molecule has 1 aromatic carbocycles. The normalized spacial score (nSPS) is 15.5. The Morgan fingerprint density at radius 2 is 1.96 bits per heavy atom. The minimum atomic E-state index is -0.313. The van der Waals surface area contributed by atoms with Gasteiger partial charge in [0.15, 0.2) is 12.0 Å². The minimum absolute atomic E-state index is 0.0323. The average Bonchev–Trinajstić information content (AvgIpc) is 2.58. The van der Waals surface area contributed by atoms with Crippen LogP contribution in [0.5, 0.6) is 0 Å². The second-order valence-electron chi connectivity index (χ2n) is 6.02. The zero-order valence-electron chi connectivity index (χ0n) is 13.2. The summed E-state index contributed by atoms with van der Waals surface area (Å²) in [6.45, 7) is 4.21. The van der Waals surface area contributed by atoms with Gasteiger partial charge in [-0.1, -0.05) is 29.8 Å². The quantitative estimate of drug-likeness (QED) is 0.814. The first kappa shape index (κ1) is 15.6. The molecule has 0 atom stereocenters. The van der Waals surface area contributed by atoms with Crippen molar-refractivity contribution < 1.29 is 9.53 Å². The number of carbonyl (C=O) groups is 1. The van der Waals surface area contributed by atoms with E-state index in [2.05, 4.69) is 5.10 Å². The van der Waals surface area contributed by atoms with Crippen molar-refractivity contribution in [2.75, 3.05) is 13.2 Å². The molecule has 0 bridgehead atoms. The third-order valence-electron chi connectivity index (χ3n) is 4.25. The largest absolute Gasteiger partial charge is 0.381 e. The zero-order valence-corrected chi connectivity index (χ0v) is 13.2. The molecule has 1 fully saturated rings. The Hall–Kier alpha value is -2.27. The van der Waals surface area contributed by atoms with Crippen LogP contribution in [0.25, 0.3) is 11.1 Å². The minimum Gasteiger partial charge on any atom is -0.381 e. The molecule has 5 heteroatoms. The van der Waals surface area contributed by atoms with Crippen molar-refractivity contribution in [1.29, 1.82) is 0 Å². The highest BCUT2D eigenvalue weighted by Crippen LogP contribution is 2.19. The molecule has 1 aliphatic rings. The highest BCUT2D eigenvalue weighted by molar-refractivity contribution is 5.75. The van der Waals surface area contributed by atoms with Crippen LogP contribution in [-0.2, 0) is 11.3 Å². The third kappa shape index (κ3) is 3.56. The zero-order chi connectivity index (χ0) is 16.2. The number of ether oxygens (including phenoxy) is 1. The molecule has 0 N–H and O–H groups in total. The predicted octanol–water partition coefficient (Wildman–Crippen LogP) is 2.46. The van der Waals surface area contributed by atoms with Gasteiger partial charge in [-0.3, -0.25) is 14.3 Å². The SMILES string of the molecule is Cc1ccc(-c2cn(CC3CCOCC3)nc(C=O)c2=O)cc1. The van der Waals surface area contributed by atoms with Crippen molar-refractivity contribution in [1.82, 2.24) is 9.78 Å². The molecule has 1 aromatic heterocycles. The molecule has 5 nitrogen and oxygen atoms in total. The molecule has 2 aromatic rings. The van der Waals surface area contributed by atoms with Crippen LogP contribution < -0.4 is 5.43 Å². The summed E-state index contributed by atoms with van der Waals surface area (Å²) in [6.07, 6.45) is 4.25. The van der Waals surface area contributed by atoms with E-state index in [4.69, 9.17) is 4.74 Å². The predicted molar refractivity (Wildman–Crippen MR) is 87.6 cm³/mol. The number of hydrogen-bond acceptors (Lipinski definition) is 4. The molecule has 0 saturated carbocycles. The van der Waals surface area contributed by atoms with Gasteiger partial charge in [0.1, 0.15) is 0 Å². The van der Waals surface area contributed by atoms with Gasteiger partial charge in [-0.15, -0.1) is 0 Å². The molecule has 120 valence electrons. The lowest BCUT2D eigenvalue weighted by Gasteiger charge is -2.22. The van der Waals surface area contributed by atoms with Crippen molar-refractivity contribution in [3.05, 3.63) is 51.9 Å². The monoisotopic (exact) mass is 312 g/mol. The molecular formula is C18H20N2O3. The van der Waals surface area contributed by atoms with Gasteiger partial charge in [-0.25, -0.2) is 0 Å². The van der Waals surface area contributed by atoms with Crippen molar-refractivity contribution in [2.45, 2.75) is 26.3 Å². The Morgan fingerprint density at radius 1 is 1.26 bits per heavy atom. The maximum atomic E-state index is 12.4. The fourth-order valence-corrected chi connectivity index (χ4v) is 2.86. The molecule has 3 rings (SSSR count). The van der Waals surface area contributed by atoms with Crippen LogP contribution in [0.15, 0.2) is 35.3 Å². The lowest BCUT2D eigenvalue weighted by molar-refractivity contribution is 0.0599. The van der Waals surface area contributed by atoms with Crippen LogP contribution in [0.1, 0.15) is 28.9 Å². The van der Waals surface area contributed by atoms with Gasteiger partial charge in [-0.05, 0) is 31.2 Å². The van der Waals surface area contributed by atoms with Crippen molar-refractivity contribution in [2.24, 2.45) is 5.92 Å². The van der Waals surface area contributed by atoms with Crippen LogP contribution >= 0.6 is 0 Å². The summed E-state index contributed by atoms with van der Waals surface area (Å²) < 4.78 is 7.10. The summed E-state index contributed by atoms with van der Waals surface area (Å²) in [5, 5.41) is 4.18. The second-order valence-corrected chi connectivity index (χ2v) is 6.02. The van der Waals surface area contributed by atoms with E-state index in [-0.39, 0.29) is 11.1 Å². The number of aldehydes is 1. The van der Waals surface area contributed by atoms with Gasteiger partial charge in [0.05, 0.1) is 0 Å². The summed E-state index contributed by atoms with van der Waals surface area (Å²) in [6, 6.07) is 7.72. The number of hydrogen-bond donors (Lipinski definition) is 0. The highest BCUT2D eigenvalue weighted by Gasteiger charge is 2.17. The first-order valence-corrected chi connectivity index (χ1v) is 7.89. The van der Waals surface area contributed by atoms with Crippen LogP contribution in [0.3, 0.4) is 0 Å². The molecule has 2 heterocycles. The van der Waals surface area contributed by atoms with E-state index < -0.39 is 0 Å². The summed E-state index contributed by atoms with van der Waals surface area (Å²) in [5.41, 5.74) is 2.11. The van der Waals surface area contributed by atoms with Gasteiger partial charge >= 0.3 is 0 Å². The average molecular weight is 312 g/mol. The van der Waals surface area contributed by atoms with Gasteiger partial charge in [0.2, 0.25) is 5.43 Å². The number of benzene rings is 1. The lowest BCUT2D eigenvalue weighted by atomic mass is 10.0. The van der Waals surface area contributed by atoms with Gasteiger partial charge in [0.25, 0.3) is 0 Å². The van der Waals surface area contributed by atoms with E-state index in [9.17, 15) is 9.59 Å². The summed E-state index contributed by atoms with van der Waals surface area (Å²) in [5.74, 6) is 0.462. The summed E-state index contributed by atoms with van der Waals surface area (Å²) in [4.78, 5) is 23.6. The number of aromatic nitrogens is 2. The Morgan fingerprint density at radius 3 is 2.61 bits per heavy atom. The maximum Gasteiger partial charge on any atom is 0.218 e. The first-order valence-electron chi connectivity index (χ1n) is 7.89. The highest BCUT2D eigenvalue weighted by atomic mass is 16.5. The standard InChI is InChI=1S/C18H20N2O3/c1-13-2-4-15(5-3-13)16-11-20(19-17(12-21)18(16)22)10-14-6-8-23-9-7-14/h2-5,11-12,14H,6-10H2,1H3. The maximum absolute atomic E-state index is 12.4. The molecule has 0 amide bonds. The molecule has 0 spiro atoms. The molecule has 0 aliphatic carbocycles. The van der Waals surface area contributed by atoms with E-state index in [1.54, 1.807) is 10.9 Å². The topological polar surface area (TPSA) is 61.2 Å². The van der Waals surface area contributed by atoms with E-state index in [0.717, 1.165) is 37.2 Å². The van der Waals surface area contributed by atoms with E-state index in [1.165, 1.54) is 0 Å². The van der Waals surface area contributed by atoms with E-state index in [0.29, 0.717) is 24.3 Å². The summed E-state index contributed by atoms with van der Waals surface area (Å²) in [7, 11) is 0.